The van der Waals surface area contributed by atoms with Crippen LogP contribution in [0.2, 0.25) is 0 Å². The van der Waals surface area contributed by atoms with Crippen molar-refractivity contribution < 1.29 is 13.2 Å². The van der Waals surface area contributed by atoms with E-state index in [1.54, 1.807) is 36.2 Å². The number of carbonyl (C=O) groups is 1. The summed E-state index contributed by atoms with van der Waals surface area (Å²) in [6.45, 7) is 1.92. The summed E-state index contributed by atoms with van der Waals surface area (Å²) in [7, 11) is -1.94. The molecule has 25 heavy (non-hydrogen) atoms. The quantitative estimate of drug-likeness (QED) is 0.825. The molecular formula is C17H22N4O3S. The fraction of sp³-hybridized carbons (Fsp3) is 0.529. The molecule has 2 bridgehead atoms. The van der Waals surface area contributed by atoms with Crippen molar-refractivity contribution in [1.29, 1.82) is 0 Å². The molecule has 1 aromatic carbocycles. The van der Waals surface area contributed by atoms with Gasteiger partial charge >= 0.3 is 0 Å². The van der Waals surface area contributed by atoms with Gasteiger partial charge in [0.05, 0.1) is 6.54 Å². The first-order valence-corrected chi connectivity index (χ1v) is 10.1. The van der Waals surface area contributed by atoms with Crippen molar-refractivity contribution in [3.63, 3.8) is 0 Å². The molecular weight excluding hydrogens is 340 g/mol. The minimum absolute atomic E-state index is 0.0446. The maximum atomic E-state index is 12.9. The van der Waals surface area contributed by atoms with Crippen LogP contribution in [0.15, 0.2) is 33.6 Å². The first kappa shape index (κ1) is 16.5. The third-order valence-electron chi connectivity index (χ3n) is 5.29. The SMILES string of the molecule is CN(CC(=O)N1C2CCNCC1CC2)C1=NS(=O)(=O)c2ccccc21. The van der Waals surface area contributed by atoms with Crippen LogP contribution in [0.4, 0.5) is 0 Å². The highest BCUT2D eigenvalue weighted by molar-refractivity contribution is 7.90. The smallest absolute Gasteiger partial charge is 0.285 e. The number of amidine groups is 1. The van der Waals surface area contributed by atoms with Gasteiger partial charge < -0.3 is 15.1 Å². The monoisotopic (exact) mass is 362 g/mol. The lowest BCUT2D eigenvalue weighted by Gasteiger charge is -2.30. The summed E-state index contributed by atoms with van der Waals surface area (Å²) in [6.07, 6.45) is 3.06. The fourth-order valence-electron chi connectivity index (χ4n) is 4.11. The first-order chi connectivity index (χ1) is 12.0. The minimum atomic E-state index is -3.66. The Morgan fingerprint density at radius 1 is 1.28 bits per heavy atom. The van der Waals surface area contributed by atoms with Crippen molar-refractivity contribution in [2.24, 2.45) is 4.40 Å². The maximum Gasteiger partial charge on any atom is 0.285 e. The lowest BCUT2D eigenvalue weighted by atomic mass is 10.1. The minimum Gasteiger partial charge on any atom is -0.349 e. The molecule has 0 saturated carbocycles. The zero-order valence-corrected chi connectivity index (χ0v) is 15.0. The van der Waals surface area contributed by atoms with E-state index in [0.717, 1.165) is 32.4 Å². The fourth-order valence-corrected chi connectivity index (χ4v) is 5.36. The Morgan fingerprint density at radius 3 is 2.88 bits per heavy atom. The topological polar surface area (TPSA) is 82.1 Å². The van der Waals surface area contributed by atoms with Gasteiger partial charge in [0.1, 0.15) is 4.90 Å². The second-order valence-corrected chi connectivity index (χ2v) is 8.49. The zero-order chi connectivity index (χ0) is 17.6. The number of benzene rings is 1. The molecule has 3 aliphatic heterocycles. The summed E-state index contributed by atoms with van der Waals surface area (Å²) in [5.74, 6) is 0.396. The van der Waals surface area contributed by atoms with Crippen LogP contribution in [0.25, 0.3) is 0 Å². The molecule has 8 heteroatoms. The molecule has 0 aromatic heterocycles. The molecule has 2 fully saturated rings. The van der Waals surface area contributed by atoms with Crippen LogP contribution in [-0.2, 0) is 14.8 Å². The summed E-state index contributed by atoms with van der Waals surface area (Å²) in [6, 6.07) is 7.29. The van der Waals surface area contributed by atoms with Crippen LogP contribution in [0.1, 0.15) is 24.8 Å². The number of nitrogens with zero attached hydrogens (tertiary/aromatic N) is 3. The van der Waals surface area contributed by atoms with Gasteiger partial charge in [-0.25, -0.2) is 0 Å². The Morgan fingerprint density at radius 2 is 2.04 bits per heavy atom. The van der Waals surface area contributed by atoms with E-state index in [1.807, 2.05) is 4.90 Å². The van der Waals surface area contributed by atoms with E-state index in [1.165, 1.54) is 0 Å². The van der Waals surface area contributed by atoms with Crippen LogP contribution in [0.5, 0.6) is 0 Å². The average molecular weight is 362 g/mol. The van der Waals surface area contributed by atoms with Crippen LogP contribution in [-0.4, -0.2) is 68.7 Å². The van der Waals surface area contributed by atoms with E-state index in [4.69, 9.17) is 0 Å². The number of rotatable bonds is 2. The molecule has 1 aromatic rings. The summed E-state index contributed by atoms with van der Waals surface area (Å²) in [5.41, 5.74) is 0.568. The summed E-state index contributed by atoms with van der Waals surface area (Å²) < 4.78 is 28.3. The molecule has 2 atom stereocenters. The highest BCUT2D eigenvalue weighted by Crippen LogP contribution is 2.29. The van der Waals surface area contributed by atoms with E-state index >= 15 is 0 Å². The van der Waals surface area contributed by atoms with Crippen molar-refractivity contribution in [2.75, 3.05) is 26.7 Å². The van der Waals surface area contributed by atoms with Crippen molar-refractivity contribution in [1.82, 2.24) is 15.1 Å². The van der Waals surface area contributed by atoms with Crippen molar-refractivity contribution in [3.05, 3.63) is 29.8 Å². The van der Waals surface area contributed by atoms with Gasteiger partial charge in [-0.1, -0.05) is 12.1 Å². The molecule has 3 aliphatic rings. The van der Waals surface area contributed by atoms with Crippen LogP contribution in [0.3, 0.4) is 0 Å². The molecule has 1 N–H and O–H groups in total. The van der Waals surface area contributed by atoms with E-state index in [-0.39, 0.29) is 23.4 Å². The van der Waals surface area contributed by atoms with E-state index < -0.39 is 10.0 Å². The number of fused-ring (bicyclic) bond motifs is 3. The Balaban J connectivity index is 1.55. The maximum absolute atomic E-state index is 12.9. The van der Waals surface area contributed by atoms with Crippen molar-refractivity contribution >= 4 is 21.8 Å². The predicted octanol–water partition coefficient (Wildman–Crippen LogP) is 0.420. The number of hydrogen-bond donors (Lipinski definition) is 1. The number of hydrogen-bond acceptors (Lipinski definition) is 5. The lowest BCUT2D eigenvalue weighted by molar-refractivity contribution is -0.133. The molecule has 0 aliphatic carbocycles. The Hall–Kier alpha value is -1.93. The molecule has 7 nitrogen and oxygen atoms in total. The zero-order valence-electron chi connectivity index (χ0n) is 14.2. The van der Waals surface area contributed by atoms with Gasteiger partial charge in [-0.3, -0.25) is 4.79 Å². The van der Waals surface area contributed by atoms with Gasteiger partial charge in [0.15, 0.2) is 5.84 Å². The molecule has 1 amide bonds. The molecule has 134 valence electrons. The number of sulfonamides is 1. The predicted molar refractivity (Wildman–Crippen MR) is 93.9 cm³/mol. The third-order valence-corrected chi connectivity index (χ3v) is 6.61. The number of likely N-dealkylation sites (N-methyl/N-ethyl adjacent to an activating group) is 1. The molecule has 0 radical (unpaired) electrons. The van der Waals surface area contributed by atoms with Crippen LogP contribution >= 0.6 is 0 Å². The van der Waals surface area contributed by atoms with Crippen LogP contribution < -0.4 is 5.32 Å². The van der Waals surface area contributed by atoms with Gasteiger partial charge in [-0.15, -0.1) is 4.40 Å². The van der Waals surface area contributed by atoms with Gasteiger partial charge in [0.2, 0.25) is 5.91 Å². The van der Waals surface area contributed by atoms with E-state index in [2.05, 4.69) is 9.71 Å². The highest BCUT2D eigenvalue weighted by Gasteiger charge is 2.39. The number of carbonyl (C=O) groups excluding carboxylic acids is 1. The van der Waals surface area contributed by atoms with Gasteiger partial charge in [-0.05, 0) is 37.9 Å². The molecule has 2 unspecified atom stereocenters. The molecule has 3 heterocycles. The Bertz CT molecular complexity index is 822. The average Bonchev–Trinajstić information content (AvgIpc) is 3.00. The number of nitrogens with one attached hydrogen (secondary N) is 1. The molecule has 4 rings (SSSR count). The highest BCUT2D eigenvalue weighted by atomic mass is 32.2. The third kappa shape index (κ3) is 2.83. The van der Waals surface area contributed by atoms with Gasteiger partial charge in [0, 0.05) is 31.2 Å². The van der Waals surface area contributed by atoms with Crippen molar-refractivity contribution in [2.45, 2.75) is 36.2 Å². The number of amides is 1. The van der Waals surface area contributed by atoms with E-state index in [0.29, 0.717) is 17.4 Å². The van der Waals surface area contributed by atoms with Gasteiger partial charge in [-0.2, -0.15) is 8.42 Å². The first-order valence-electron chi connectivity index (χ1n) is 8.65. The largest absolute Gasteiger partial charge is 0.349 e. The van der Waals surface area contributed by atoms with Gasteiger partial charge in [0.25, 0.3) is 10.0 Å². The Kier molecular flexibility index (Phi) is 4.04. The summed E-state index contributed by atoms with van der Waals surface area (Å²) in [5, 5.41) is 3.39. The Labute approximate surface area is 147 Å². The normalized spacial score (nSPS) is 26.8. The van der Waals surface area contributed by atoms with Crippen LogP contribution in [0, 0.1) is 0 Å². The second-order valence-electron chi connectivity index (χ2n) is 6.92. The standard InChI is InChI=1S/C17H22N4O3S/c1-20(17-14-4-2-3-5-15(14)25(23,24)19-17)11-16(22)21-12-6-7-13(21)10-18-9-8-12/h2-5,12-13,18H,6-11H2,1H3. The molecule has 0 spiro atoms. The lowest BCUT2D eigenvalue weighted by Crippen LogP contribution is -2.47. The molecule has 2 saturated heterocycles. The van der Waals surface area contributed by atoms with Crippen molar-refractivity contribution in [3.8, 4) is 0 Å². The summed E-state index contributed by atoms with van der Waals surface area (Å²) in [4.78, 5) is 16.8. The van der Waals surface area contributed by atoms with E-state index in [9.17, 15) is 13.2 Å². The summed E-state index contributed by atoms with van der Waals surface area (Å²) >= 11 is 0. The second kappa shape index (κ2) is 6.10.